The third kappa shape index (κ3) is 4.37. The van der Waals surface area contributed by atoms with E-state index in [1.54, 1.807) is 7.11 Å². The van der Waals surface area contributed by atoms with Crippen LogP contribution < -0.4 is 10.1 Å². The highest BCUT2D eigenvalue weighted by Crippen LogP contribution is 2.29. The van der Waals surface area contributed by atoms with Gasteiger partial charge < -0.3 is 10.1 Å². The van der Waals surface area contributed by atoms with Crippen molar-refractivity contribution in [2.24, 2.45) is 0 Å². The number of carbonyl (C=O) groups excluding carboxylic acids is 1. The van der Waals surface area contributed by atoms with Gasteiger partial charge in [-0.15, -0.1) is 0 Å². The van der Waals surface area contributed by atoms with Gasteiger partial charge in [0.2, 0.25) is 5.91 Å². The molecule has 0 saturated carbocycles. The van der Waals surface area contributed by atoms with Crippen molar-refractivity contribution in [3.63, 3.8) is 0 Å². The van der Waals surface area contributed by atoms with Crippen molar-refractivity contribution in [1.82, 2.24) is 5.32 Å². The summed E-state index contributed by atoms with van der Waals surface area (Å²) in [5.41, 5.74) is 4.06. The normalized spacial score (nSPS) is 11.9. The number of rotatable bonds is 6. The first-order valence-electron chi connectivity index (χ1n) is 9.15. The van der Waals surface area contributed by atoms with Crippen LogP contribution in [0.1, 0.15) is 41.1 Å². The third-order valence-corrected chi connectivity index (χ3v) is 4.74. The van der Waals surface area contributed by atoms with Crippen molar-refractivity contribution in [1.29, 1.82) is 0 Å². The highest BCUT2D eigenvalue weighted by Gasteiger charge is 2.25. The molecule has 3 rings (SSSR count). The van der Waals surface area contributed by atoms with Crippen LogP contribution in [0.15, 0.2) is 78.9 Å². The molecule has 1 atom stereocenters. The number of benzene rings is 3. The van der Waals surface area contributed by atoms with Gasteiger partial charge >= 0.3 is 0 Å². The number of amides is 1. The smallest absolute Gasteiger partial charge is 0.232 e. The molecule has 0 aliphatic rings. The molecule has 3 aromatic carbocycles. The van der Waals surface area contributed by atoms with Crippen molar-refractivity contribution in [2.45, 2.75) is 25.8 Å². The van der Waals surface area contributed by atoms with E-state index in [2.05, 4.69) is 11.4 Å². The number of hydrogen-bond acceptors (Lipinski definition) is 2. The lowest BCUT2D eigenvalue weighted by molar-refractivity contribution is -0.122. The van der Waals surface area contributed by atoms with Crippen LogP contribution in [0, 0.1) is 6.92 Å². The number of aryl methyl sites for hydroxylation is 1. The minimum Gasteiger partial charge on any atom is -0.496 e. The van der Waals surface area contributed by atoms with Crippen LogP contribution >= 0.6 is 0 Å². The van der Waals surface area contributed by atoms with Gasteiger partial charge in [-0.2, -0.15) is 0 Å². The summed E-state index contributed by atoms with van der Waals surface area (Å²) in [6.45, 7) is 4.02. The van der Waals surface area contributed by atoms with Crippen LogP contribution in [-0.2, 0) is 4.79 Å². The Morgan fingerprint density at radius 3 is 1.96 bits per heavy atom. The molecule has 0 aliphatic carbocycles. The second kappa shape index (κ2) is 8.54. The molecule has 0 bridgehead atoms. The number of nitrogens with one attached hydrogen (secondary N) is 1. The molecule has 0 aromatic heterocycles. The Balaban J connectivity index is 1.90. The predicted octanol–water partition coefficient (Wildman–Crippen LogP) is 5.01. The van der Waals surface area contributed by atoms with Gasteiger partial charge in [-0.3, -0.25) is 4.79 Å². The molecule has 0 aliphatic heterocycles. The monoisotopic (exact) mass is 359 g/mol. The van der Waals surface area contributed by atoms with Gasteiger partial charge in [0, 0.05) is 5.56 Å². The van der Waals surface area contributed by atoms with Crippen LogP contribution in [0.25, 0.3) is 0 Å². The first-order chi connectivity index (χ1) is 13.1. The van der Waals surface area contributed by atoms with Crippen molar-refractivity contribution >= 4 is 5.91 Å². The Kier molecular flexibility index (Phi) is 5.92. The van der Waals surface area contributed by atoms with Gasteiger partial charge in [-0.1, -0.05) is 78.4 Å². The molecular formula is C24H25NO2. The fourth-order valence-electron chi connectivity index (χ4n) is 3.35. The number of ether oxygens (including phenoxy) is 1. The number of hydrogen-bond donors (Lipinski definition) is 1. The topological polar surface area (TPSA) is 38.3 Å². The summed E-state index contributed by atoms with van der Waals surface area (Å²) in [4.78, 5) is 13.3. The van der Waals surface area contributed by atoms with E-state index >= 15 is 0 Å². The molecule has 1 N–H and O–H groups in total. The third-order valence-electron chi connectivity index (χ3n) is 4.74. The van der Waals surface area contributed by atoms with Gasteiger partial charge in [0.1, 0.15) is 5.75 Å². The average molecular weight is 359 g/mol. The number of carbonyl (C=O) groups is 1. The quantitative estimate of drug-likeness (QED) is 0.672. The fraction of sp³-hybridized carbons (Fsp3) is 0.208. The Morgan fingerprint density at radius 2 is 1.44 bits per heavy atom. The van der Waals surface area contributed by atoms with Crippen LogP contribution in [0.5, 0.6) is 5.75 Å². The van der Waals surface area contributed by atoms with E-state index < -0.39 is 0 Å². The SMILES string of the molecule is COc1ccc(C)cc1[C@H](C)NC(=O)C(c1ccccc1)c1ccccc1. The lowest BCUT2D eigenvalue weighted by atomic mass is 9.90. The first kappa shape index (κ1) is 18.7. The Labute approximate surface area is 161 Å². The van der Waals surface area contributed by atoms with E-state index in [9.17, 15) is 4.79 Å². The van der Waals surface area contributed by atoms with Gasteiger partial charge in [0.15, 0.2) is 0 Å². The van der Waals surface area contributed by atoms with E-state index in [1.807, 2.05) is 86.6 Å². The van der Waals surface area contributed by atoms with Crippen molar-refractivity contribution in [3.05, 3.63) is 101 Å². The standard InChI is InChI=1S/C24H25NO2/c1-17-14-15-22(27-3)21(16-17)18(2)25-24(26)23(19-10-6-4-7-11-19)20-12-8-5-9-13-20/h4-16,18,23H,1-3H3,(H,25,26)/t18-/m0/s1. The average Bonchev–Trinajstić information content (AvgIpc) is 2.69. The summed E-state index contributed by atoms with van der Waals surface area (Å²) < 4.78 is 5.48. The number of methoxy groups -OCH3 is 1. The second-order valence-corrected chi connectivity index (χ2v) is 6.73. The molecule has 3 nitrogen and oxygen atoms in total. The Hall–Kier alpha value is -3.07. The van der Waals surface area contributed by atoms with Gasteiger partial charge in [-0.05, 0) is 31.0 Å². The first-order valence-corrected chi connectivity index (χ1v) is 9.15. The minimum atomic E-state index is -0.356. The second-order valence-electron chi connectivity index (χ2n) is 6.73. The van der Waals surface area contributed by atoms with Crippen LogP contribution in [0.2, 0.25) is 0 Å². The van der Waals surface area contributed by atoms with Gasteiger partial charge in [-0.25, -0.2) is 0 Å². The molecule has 0 unspecified atom stereocenters. The van der Waals surface area contributed by atoms with Crippen LogP contribution in [0.4, 0.5) is 0 Å². The molecule has 138 valence electrons. The molecule has 1 amide bonds. The predicted molar refractivity (Wildman–Crippen MR) is 109 cm³/mol. The fourth-order valence-corrected chi connectivity index (χ4v) is 3.35. The van der Waals surface area contributed by atoms with Crippen LogP contribution in [0.3, 0.4) is 0 Å². The minimum absolute atomic E-state index is 0.0246. The van der Waals surface area contributed by atoms with E-state index in [1.165, 1.54) is 0 Å². The van der Waals surface area contributed by atoms with Gasteiger partial charge in [0.25, 0.3) is 0 Å². The van der Waals surface area contributed by atoms with E-state index in [-0.39, 0.29) is 17.9 Å². The van der Waals surface area contributed by atoms with Crippen LogP contribution in [-0.4, -0.2) is 13.0 Å². The molecular weight excluding hydrogens is 334 g/mol. The van der Waals surface area contributed by atoms with E-state index in [0.717, 1.165) is 28.0 Å². The van der Waals surface area contributed by atoms with Crippen molar-refractivity contribution in [3.8, 4) is 5.75 Å². The molecule has 3 aromatic rings. The summed E-state index contributed by atoms with van der Waals surface area (Å²) in [5, 5.41) is 3.18. The highest BCUT2D eigenvalue weighted by molar-refractivity contribution is 5.87. The van der Waals surface area contributed by atoms with Crippen molar-refractivity contribution < 1.29 is 9.53 Å². The van der Waals surface area contributed by atoms with Gasteiger partial charge in [0.05, 0.1) is 19.1 Å². The largest absolute Gasteiger partial charge is 0.496 e. The zero-order valence-electron chi connectivity index (χ0n) is 16.0. The Bertz CT molecular complexity index is 851. The molecule has 0 saturated heterocycles. The summed E-state index contributed by atoms with van der Waals surface area (Å²) in [5.74, 6) is 0.401. The molecule has 0 spiro atoms. The lowest BCUT2D eigenvalue weighted by Gasteiger charge is -2.23. The molecule has 0 heterocycles. The maximum atomic E-state index is 13.3. The summed E-state index contributed by atoms with van der Waals surface area (Å²) in [7, 11) is 1.65. The molecule has 0 fully saturated rings. The summed E-state index contributed by atoms with van der Waals surface area (Å²) in [6.07, 6.45) is 0. The summed E-state index contributed by atoms with van der Waals surface area (Å²) in [6, 6.07) is 25.6. The zero-order chi connectivity index (χ0) is 19.2. The molecule has 3 heteroatoms. The Morgan fingerprint density at radius 1 is 0.889 bits per heavy atom. The highest BCUT2D eigenvalue weighted by atomic mass is 16.5. The summed E-state index contributed by atoms with van der Waals surface area (Å²) >= 11 is 0. The molecule has 27 heavy (non-hydrogen) atoms. The zero-order valence-corrected chi connectivity index (χ0v) is 16.0. The maximum absolute atomic E-state index is 13.3. The van der Waals surface area contributed by atoms with Crippen molar-refractivity contribution in [2.75, 3.05) is 7.11 Å². The maximum Gasteiger partial charge on any atom is 0.232 e. The van der Waals surface area contributed by atoms with E-state index in [0.29, 0.717) is 0 Å². The van der Waals surface area contributed by atoms with E-state index in [4.69, 9.17) is 4.74 Å². The lowest BCUT2D eigenvalue weighted by Crippen LogP contribution is -2.32. The molecule has 0 radical (unpaired) electrons.